The van der Waals surface area contributed by atoms with Gasteiger partial charge in [-0.15, -0.1) is 0 Å². The number of carboxylic acid groups (broad SMARTS) is 4. The minimum absolute atomic E-state index is 0.0990. The van der Waals surface area contributed by atoms with E-state index in [0.717, 1.165) is 12.2 Å². The largest absolute Gasteiger partial charge is 0.480 e. The Morgan fingerprint density at radius 3 is 1.10 bits per heavy atom. The molecule has 6 N–H and O–H groups in total. The summed E-state index contributed by atoms with van der Waals surface area (Å²) in [5.74, 6) is -4.79. The Balaban J connectivity index is 0.000000400. The van der Waals surface area contributed by atoms with Crippen LogP contribution < -0.4 is 9.44 Å². The Morgan fingerprint density at radius 1 is 0.600 bits per heavy atom. The van der Waals surface area contributed by atoms with Crippen LogP contribution in [-0.4, -0.2) is 73.2 Å². The molecule has 0 aliphatic heterocycles. The van der Waals surface area contributed by atoms with Gasteiger partial charge in [-0.3, -0.25) is 9.59 Å². The summed E-state index contributed by atoms with van der Waals surface area (Å²) in [6.45, 7) is 2.42. The Hall–Kier alpha value is -4.38. The Kier molecular flexibility index (Phi) is 12.4. The summed E-state index contributed by atoms with van der Waals surface area (Å²) in [4.78, 5) is 41.7. The van der Waals surface area contributed by atoms with Crippen molar-refractivity contribution in [3.63, 3.8) is 0 Å². The number of carboxylic acids is 4. The third-order valence-corrected chi connectivity index (χ3v) is 7.74. The molecule has 0 aliphatic carbocycles. The standard InChI is InChI=1S/2C12H13NO6S/c2*1-8(12(16)17)13-20(18,19)10-5-2-9(3-6-10)4-7-11(14)15/h2*2-8,13H,1H3,(H,14,15)(H,16,17)/b2*7-4+/t2*8-/m00/s1. The van der Waals surface area contributed by atoms with Crippen molar-refractivity contribution in [1.82, 2.24) is 9.44 Å². The van der Waals surface area contributed by atoms with E-state index in [9.17, 15) is 36.0 Å². The van der Waals surface area contributed by atoms with Crippen molar-refractivity contribution >= 4 is 56.1 Å². The van der Waals surface area contributed by atoms with Crippen LogP contribution in [-0.2, 0) is 39.2 Å². The minimum atomic E-state index is -3.92. The van der Waals surface area contributed by atoms with Crippen LogP contribution in [0.1, 0.15) is 25.0 Å². The first-order chi connectivity index (χ1) is 18.4. The topological polar surface area (TPSA) is 242 Å². The molecular formula is C24H26N2O12S2. The number of rotatable bonds is 12. The molecule has 0 bridgehead atoms. The predicted molar refractivity (Wildman–Crippen MR) is 141 cm³/mol. The Labute approximate surface area is 229 Å². The zero-order valence-electron chi connectivity index (χ0n) is 21.0. The SMILES string of the molecule is C[C@H](NS(=O)(=O)c1ccc(/C=C/C(=O)O)cc1)C(=O)O.C[C@H](NS(=O)(=O)c1ccc(/C=C/C(=O)O)cc1)C(=O)O. The highest BCUT2D eigenvalue weighted by Gasteiger charge is 2.22. The number of benzene rings is 2. The Morgan fingerprint density at radius 2 is 0.875 bits per heavy atom. The molecule has 0 unspecified atom stereocenters. The number of carbonyl (C=O) groups is 4. The van der Waals surface area contributed by atoms with Crippen molar-refractivity contribution in [3.8, 4) is 0 Å². The van der Waals surface area contributed by atoms with Crippen molar-refractivity contribution in [1.29, 1.82) is 0 Å². The van der Waals surface area contributed by atoms with Crippen LogP contribution in [0.25, 0.3) is 12.2 Å². The van der Waals surface area contributed by atoms with Gasteiger partial charge in [-0.1, -0.05) is 24.3 Å². The highest BCUT2D eigenvalue weighted by molar-refractivity contribution is 7.89. The molecule has 2 aromatic rings. The summed E-state index contributed by atoms with van der Waals surface area (Å²) >= 11 is 0. The van der Waals surface area contributed by atoms with Crippen molar-refractivity contribution in [2.24, 2.45) is 0 Å². The second-order valence-corrected chi connectivity index (χ2v) is 11.3. The number of sulfonamides is 2. The fourth-order valence-electron chi connectivity index (χ4n) is 2.55. The molecule has 0 saturated carbocycles. The van der Waals surface area contributed by atoms with Gasteiger partial charge in [-0.05, 0) is 61.4 Å². The summed E-state index contributed by atoms with van der Waals surface area (Å²) in [5.41, 5.74) is 1.02. The van der Waals surface area contributed by atoms with Crippen LogP contribution in [0.15, 0.2) is 70.5 Å². The van der Waals surface area contributed by atoms with E-state index in [4.69, 9.17) is 20.4 Å². The molecule has 0 aliphatic rings. The summed E-state index contributed by atoms with van der Waals surface area (Å²) in [6, 6.07) is 8.23. The molecule has 2 rings (SSSR count). The molecule has 2 aromatic carbocycles. The molecule has 0 spiro atoms. The molecule has 0 saturated heterocycles. The maximum Gasteiger partial charge on any atom is 0.328 e. The number of nitrogens with one attached hydrogen (secondary N) is 2. The van der Waals surface area contributed by atoms with Crippen molar-refractivity contribution in [2.45, 2.75) is 35.7 Å². The van der Waals surface area contributed by atoms with Gasteiger partial charge in [0.05, 0.1) is 9.79 Å². The van der Waals surface area contributed by atoms with Crippen LogP contribution >= 0.6 is 0 Å². The maximum atomic E-state index is 11.8. The number of aliphatic carboxylic acids is 4. The molecule has 216 valence electrons. The van der Waals surface area contributed by atoms with Crippen molar-refractivity contribution in [3.05, 3.63) is 71.8 Å². The fraction of sp³-hybridized carbons (Fsp3) is 0.167. The molecular weight excluding hydrogens is 572 g/mol. The van der Waals surface area contributed by atoms with E-state index in [0.29, 0.717) is 11.1 Å². The average molecular weight is 599 g/mol. The first kappa shape index (κ1) is 33.6. The van der Waals surface area contributed by atoms with E-state index < -0.39 is 56.0 Å². The minimum Gasteiger partial charge on any atom is -0.480 e. The summed E-state index contributed by atoms with van der Waals surface area (Å²) in [7, 11) is -7.85. The van der Waals surface area contributed by atoms with Gasteiger partial charge in [0, 0.05) is 12.2 Å². The van der Waals surface area contributed by atoms with E-state index in [1.54, 1.807) is 0 Å². The third-order valence-electron chi connectivity index (χ3n) is 4.62. The van der Waals surface area contributed by atoms with E-state index in [2.05, 4.69) is 0 Å². The van der Waals surface area contributed by atoms with Crippen LogP contribution in [0.4, 0.5) is 0 Å². The number of hydrogen-bond acceptors (Lipinski definition) is 8. The maximum absolute atomic E-state index is 11.8. The lowest BCUT2D eigenvalue weighted by atomic mass is 10.2. The van der Waals surface area contributed by atoms with E-state index in [1.807, 2.05) is 9.44 Å². The van der Waals surface area contributed by atoms with E-state index >= 15 is 0 Å². The second kappa shape index (κ2) is 14.7. The molecule has 0 radical (unpaired) electrons. The van der Waals surface area contributed by atoms with Gasteiger partial charge in [0.15, 0.2) is 0 Å². The first-order valence-corrected chi connectivity index (χ1v) is 13.9. The van der Waals surface area contributed by atoms with Crippen LogP contribution in [0.3, 0.4) is 0 Å². The molecule has 16 heteroatoms. The summed E-state index contributed by atoms with van der Waals surface area (Å²) < 4.78 is 51.4. The Bertz CT molecular complexity index is 1380. The van der Waals surface area contributed by atoms with E-state index in [-0.39, 0.29) is 9.79 Å². The number of hydrogen-bond donors (Lipinski definition) is 6. The third kappa shape index (κ3) is 11.6. The van der Waals surface area contributed by atoms with Crippen LogP contribution in [0, 0.1) is 0 Å². The van der Waals surface area contributed by atoms with Gasteiger partial charge < -0.3 is 20.4 Å². The molecule has 40 heavy (non-hydrogen) atoms. The van der Waals surface area contributed by atoms with Gasteiger partial charge in [-0.2, -0.15) is 9.44 Å². The fourth-order valence-corrected chi connectivity index (χ4v) is 4.95. The van der Waals surface area contributed by atoms with Gasteiger partial charge >= 0.3 is 23.9 Å². The molecule has 14 nitrogen and oxygen atoms in total. The molecule has 0 heterocycles. The predicted octanol–water partition coefficient (Wildman–Crippen LogP) is 1.07. The van der Waals surface area contributed by atoms with Crippen molar-refractivity contribution in [2.75, 3.05) is 0 Å². The quantitative estimate of drug-likeness (QED) is 0.188. The van der Waals surface area contributed by atoms with Gasteiger partial charge in [0.2, 0.25) is 20.0 Å². The summed E-state index contributed by atoms with van der Waals surface area (Å²) in [6.07, 6.45) is 4.47. The monoisotopic (exact) mass is 598 g/mol. The van der Waals surface area contributed by atoms with Crippen molar-refractivity contribution < 1.29 is 56.4 Å². The normalized spacial score (nSPS) is 13.2. The average Bonchev–Trinajstić information content (AvgIpc) is 2.86. The first-order valence-electron chi connectivity index (χ1n) is 11.0. The lowest BCUT2D eigenvalue weighted by molar-refractivity contribution is -0.139. The van der Waals surface area contributed by atoms with Gasteiger partial charge in [0.25, 0.3) is 0 Å². The zero-order valence-corrected chi connectivity index (χ0v) is 22.6. The van der Waals surface area contributed by atoms with Gasteiger partial charge in [-0.25, -0.2) is 26.4 Å². The van der Waals surface area contributed by atoms with E-state index in [1.165, 1.54) is 74.5 Å². The molecule has 0 aromatic heterocycles. The molecule has 2 atom stereocenters. The lowest BCUT2D eigenvalue weighted by Gasteiger charge is -2.10. The second-order valence-electron chi connectivity index (χ2n) is 7.84. The van der Waals surface area contributed by atoms with Crippen LogP contribution in [0.5, 0.6) is 0 Å². The zero-order chi connectivity index (χ0) is 30.7. The highest BCUT2D eigenvalue weighted by atomic mass is 32.2. The van der Waals surface area contributed by atoms with Crippen LogP contribution in [0.2, 0.25) is 0 Å². The summed E-state index contributed by atoms with van der Waals surface area (Å²) in [5, 5.41) is 34.3. The lowest BCUT2D eigenvalue weighted by Crippen LogP contribution is -2.38. The smallest absolute Gasteiger partial charge is 0.328 e. The van der Waals surface area contributed by atoms with Gasteiger partial charge in [0.1, 0.15) is 12.1 Å². The molecule has 0 amide bonds. The molecule has 0 fully saturated rings. The highest BCUT2D eigenvalue weighted by Crippen LogP contribution is 2.13.